The zero-order valence-electron chi connectivity index (χ0n) is 10.9. The number of imide groups is 2. The second-order valence-electron chi connectivity index (χ2n) is 3.66. The van der Waals surface area contributed by atoms with Crippen LogP contribution in [0.1, 0.15) is 12.8 Å². The molecule has 0 aromatic rings. The van der Waals surface area contributed by atoms with Crippen LogP contribution in [0.25, 0.3) is 0 Å². The van der Waals surface area contributed by atoms with Gasteiger partial charge in [-0.15, -0.1) is 0 Å². The van der Waals surface area contributed by atoms with Crippen molar-refractivity contribution in [1.82, 2.24) is 10.6 Å². The molecule has 0 aliphatic carbocycles. The Morgan fingerprint density at radius 2 is 0.900 bits per heavy atom. The van der Waals surface area contributed by atoms with Gasteiger partial charge in [-0.2, -0.15) is 0 Å². The lowest BCUT2D eigenvalue weighted by molar-refractivity contribution is -0.125. The zero-order valence-corrected chi connectivity index (χ0v) is 10.9. The van der Waals surface area contributed by atoms with Crippen LogP contribution in [0.15, 0.2) is 24.3 Å². The molecular formula is C12H18N4O4. The van der Waals surface area contributed by atoms with Gasteiger partial charge in [0, 0.05) is 24.3 Å². The van der Waals surface area contributed by atoms with Crippen LogP contribution in [-0.4, -0.2) is 36.7 Å². The van der Waals surface area contributed by atoms with Crippen LogP contribution >= 0.6 is 0 Å². The predicted octanol–water partition coefficient (Wildman–Crippen LogP) is -1.92. The van der Waals surface area contributed by atoms with Crippen molar-refractivity contribution in [1.29, 1.82) is 0 Å². The summed E-state index contributed by atoms with van der Waals surface area (Å²) in [5, 5.41) is 4.06. The molecule has 0 unspecified atom stereocenters. The molecule has 6 N–H and O–H groups in total. The highest BCUT2D eigenvalue weighted by molar-refractivity contribution is 6.13. The van der Waals surface area contributed by atoms with Crippen LogP contribution in [-0.2, 0) is 19.2 Å². The van der Waals surface area contributed by atoms with Crippen LogP contribution in [0.5, 0.6) is 0 Å². The van der Waals surface area contributed by atoms with E-state index in [1.54, 1.807) is 0 Å². The third-order valence-corrected chi connectivity index (χ3v) is 1.92. The summed E-state index contributed by atoms with van der Waals surface area (Å²) >= 11 is 0. The van der Waals surface area contributed by atoms with Crippen molar-refractivity contribution in [3.05, 3.63) is 24.3 Å². The van der Waals surface area contributed by atoms with E-state index < -0.39 is 0 Å². The number of carbonyl (C=O) groups is 4. The van der Waals surface area contributed by atoms with Crippen LogP contribution in [0, 0.1) is 0 Å². The number of amides is 4. The Bertz CT molecular complexity index is 357. The molecule has 0 aromatic carbocycles. The molecule has 4 amide bonds. The van der Waals surface area contributed by atoms with Gasteiger partial charge in [0.05, 0.1) is 0 Å². The molecule has 0 atom stereocenters. The van der Waals surface area contributed by atoms with Crippen LogP contribution in [0.4, 0.5) is 0 Å². The van der Waals surface area contributed by atoms with Gasteiger partial charge in [0.2, 0.25) is 0 Å². The number of unbranched alkanes of at least 4 members (excludes halogenated alkanes) is 1. The van der Waals surface area contributed by atoms with Crippen molar-refractivity contribution >= 4 is 23.6 Å². The van der Waals surface area contributed by atoms with Crippen molar-refractivity contribution in [2.45, 2.75) is 12.8 Å². The Hall–Kier alpha value is -2.32. The molecule has 20 heavy (non-hydrogen) atoms. The third kappa shape index (κ3) is 9.68. The van der Waals surface area contributed by atoms with Crippen molar-refractivity contribution in [3.8, 4) is 0 Å². The van der Waals surface area contributed by atoms with Crippen LogP contribution in [0.3, 0.4) is 0 Å². The lowest BCUT2D eigenvalue weighted by Gasteiger charge is -1.87. The van der Waals surface area contributed by atoms with Gasteiger partial charge in [-0.05, 0) is 25.9 Å². The lowest BCUT2D eigenvalue weighted by Crippen LogP contribution is -2.19. The van der Waals surface area contributed by atoms with Gasteiger partial charge < -0.3 is 11.5 Å². The minimum atomic E-state index is -0.329. The minimum Gasteiger partial charge on any atom is -0.330 e. The number of nitrogens with one attached hydrogen (secondary N) is 2. The molecule has 2 aliphatic heterocycles. The maximum atomic E-state index is 10.0. The first kappa shape index (κ1) is 17.7. The predicted molar refractivity (Wildman–Crippen MR) is 71.9 cm³/mol. The highest BCUT2D eigenvalue weighted by Gasteiger charge is 2.07. The van der Waals surface area contributed by atoms with Gasteiger partial charge in [-0.3, -0.25) is 29.8 Å². The fourth-order valence-electron chi connectivity index (χ4n) is 1.00. The van der Waals surface area contributed by atoms with E-state index in [0.29, 0.717) is 0 Å². The third-order valence-electron chi connectivity index (χ3n) is 1.92. The smallest absolute Gasteiger partial charge is 0.250 e. The monoisotopic (exact) mass is 282 g/mol. The molecule has 2 rings (SSSR count). The second-order valence-corrected chi connectivity index (χ2v) is 3.66. The van der Waals surface area contributed by atoms with E-state index in [1.165, 1.54) is 24.3 Å². The summed E-state index contributed by atoms with van der Waals surface area (Å²) in [6, 6.07) is 0. The van der Waals surface area contributed by atoms with Gasteiger partial charge in [-0.1, -0.05) is 0 Å². The fourth-order valence-corrected chi connectivity index (χ4v) is 1.00. The Morgan fingerprint density at radius 3 is 1.00 bits per heavy atom. The van der Waals surface area contributed by atoms with Crippen molar-refractivity contribution in [2.24, 2.45) is 11.5 Å². The molecule has 0 radical (unpaired) electrons. The topological polar surface area (TPSA) is 144 Å². The highest BCUT2D eigenvalue weighted by Crippen LogP contribution is 1.83. The normalized spacial score (nSPS) is 15.1. The van der Waals surface area contributed by atoms with Gasteiger partial charge in [0.1, 0.15) is 0 Å². The first-order valence-corrected chi connectivity index (χ1v) is 5.95. The Balaban J connectivity index is 0.000000272. The molecule has 8 heteroatoms. The summed E-state index contributed by atoms with van der Waals surface area (Å²) in [5.74, 6) is -1.31. The van der Waals surface area contributed by atoms with Gasteiger partial charge in [-0.25, -0.2) is 0 Å². The average Bonchev–Trinajstić information content (AvgIpc) is 2.96. The van der Waals surface area contributed by atoms with Gasteiger partial charge >= 0.3 is 0 Å². The summed E-state index contributed by atoms with van der Waals surface area (Å²) < 4.78 is 0. The second kappa shape index (κ2) is 10.6. The maximum absolute atomic E-state index is 10.0. The molecule has 8 nitrogen and oxygen atoms in total. The van der Waals surface area contributed by atoms with Crippen molar-refractivity contribution in [3.63, 3.8) is 0 Å². The molecular weight excluding hydrogens is 264 g/mol. The van der Waals surface area contributed by atoms with E-state index in [1.807, 2.05) is 10.6 Å². The average molecular weight is 282 g/mol. The maximum Gasteiger partial charge on any atom is 0.250 e. The molecule has 0 fully saturated rings. The summed E-state index contributed by atoms with van der Waals surface area (Å²) in [7, 11) is 0. The largest absolute Gasteiger partial charge is 0.330 e. The number of rotatable bonds is 3. The number of hydrogen-bond acceptors (Lipinski definition) is 6. The van der Waals surface area contributed by atoms with E-state index in [4.69, 9.17) is 11.5 Å². The summed E-state index contributed by atoms with van der Waals surface area (Å²) in [6.45, 7) is 1.55. The number of carbonyl (C=O) groups excluding carboxylic acids is 4. The number of hydrogen-bond donors (Lipinski definition) is 4. The molecule has 0 spiro atoms. The summed E-state index contributed by atoms with van der Waals surface area (Å²) in [6.07, 6.45) is 6.92. The number of nitrogens with two attached hydrogens (primary N) is 2. The molecule has 2 heterocycles. The van der Waals surface area contributed by atoms with E-state index in [2.05, 4.69) is 0 Å². The quantitative estimate of drug-likeness (QED) is 0.351. The highest BCUT2D eigenvalue weighted by atomic mass is 16.2. The summed E-state index contributed by atoms with van der Waals surface area (Å²) in [4.78, 5) is 40.1. The van der Waals surface area contributed by atoms with Crippen LogP contribution < -0.4 is 22.1 Å². The van der Waals surface area contributed by atoms with Gasteiger partial charge in [0.15, 0.2) is 0 Å². The Labute approximate surface area is 116 Å². The summed E-state index contributed by atoms with van der Waals surface area (Å²) in [5.41, 5.74) is 10.3. The fraction of sp³-hybridized carbons (Fsp3) is 0.333. The Kier molecular flexibility index (Phi) is 9.36. The Morgan fingerprint density at radius 1 is 0.650 bits per heavy atom. The molecule has 0 aromatic heterocycles. The molecule has 0 bridgehead atoms. The van der Waals surface area contributed by atoms with E-state index in [-0.39, 0.29) is 23.6 Å². The van der Waals surface area contributed by atoms with Crippen molar-refractivity contribution in [2.75, 3.05) is 13.1 Å². The van der Waals surface area contributed by atoms with E-state index >= 15 is 0 Å². The minimum absolute atomic E-state index is 0.329. The van der Waals surface area contributed by atoms with Gasteiger partial charge in [0.25, 0.3) is 23.6 Å². The molecule has 0 saturated heterocycles. The first-order valence-electron chi connectivity index (χ1n) is 5.95. The zero-order chi connectivity index (χ0) is 15.4. The standard InChI is InChI=1S/C4H12N2.2C4H3NO2/c5-3-1-2-4-6;2*6-3-1-2-4(7)5-3/h1-6H2;2*1-2H,(H,5,6,7). The first-order chi connectivity index (χ1) is 9.49. The molecule has 0 saturated carbocycles. The van der Waals surface area contributed by atoms with Crippen LogP contribution in [0.2, 0.25) is 0 Å². The molecule has 2 aliphatic rings. The van der Waals surface area contributed by atoms with E-state index in [9.17, 15) is 19.2 Å². The van der Waals surface area contributed by atoms with E-state index in [0.717, 1.165) is 25.9 Å². The lowest BCUT2D eigenvalue weighted by atomic mass is 10.3. The molecule has 110 valence electrons. The SMILES string of the molecule is NCCCCN.O=C1C=CC(=O)N1.O=C1C=CC(=O)N1. The van der Waals surface area contributed by atoms with Crippen molar-refractivity contribution < 1.29 is 19.2 Å².